The lowest BCUT2D eigenvalue weighted by Gasteiger charge is -2.24. The number of anilines is 1. The summed E-state index contributed by atoms with van der Waals surface area (Å²) in [6, 6.07) is 1.91. The monoisotopic (exact) mass is 578 g/mol. The molecule has 4 N–H and O–H groups in total. The highest BCUT2D eigenvalue weighted by Gasteiger charge is 2.35. The molecule has 0 aromatic heterocycles. The summed E-state index contributed by atoms with van der Waals surface area (Å²) in [6.45, 7) is -1.23. The summed E-state index contributed by atoms with van der Waals surface area (Å²) in [5.74, 6) is -1.90. The molecule has 0 aliphatic heterocycles. The smallest absolute Gasteiger partial charge is 0.365 e. The van der Waals surface area contributed by atoms with Gasteiger partial charge in [0.05, 0.1) is 22.2 Å². The van der Waals surface area contributed by atoms with E-state index in [1.807, 2.05) is 0 Å². The van der Waals surface area contributed by atoms with Crippen LogP contribution in [0.4, 0.5) is 17.1 Å². The number of carbonyl (C=O) groups excluding carboxylic acids is 1. The number of carbonyl (C=O) groups is 1. The lowest BCUT2D eigenvalue weighted by molar-refractivity contribution is -0.394. The number of alkyl halides is 1. The number of nitrogens with one attached hydrogen (secondary N) is 1. The second-order valence-corrected chi connectivity index (χ2v) is 9.84. The van der Waals surface area contributed by atoms with E-state index in [9.17, 15) is 38.0 Å². The van der Waals surface area contributed by atoms with Crippen molar-refractivity contribution < 1.29 is 46.5 Å². The zero-order valence-electron chi connectivity index (χ0n) is 16.7. The van der Waals surface area contributed by atoms with Gasteiger partial charge in [-0.25, -0.2) is 4.57 Å². The number of hydrogen-bond donors (Lipinski definition) is 4. The Hall–Kier alpha value is -2.21. The van der Waals surface area contributed by atoms with Crippen LogP contribution in [-0.2, 0) is 19.2 Å². The Kier molecular flexibility index (Phi) is 10.8. The number of halogens is 1. The summed E-state index contributed by atoms with van der Waals surface area (Å²) in [4.78, 5) is 52.4. The van der Waals surface area contributed by atoms with Gasteiger partial charge in [-0.15, -0.1) is 0 Å². The lowest BCUT2D eigenvalue weighted by atomic mass is 10.1. The number of phosphoric acid groups is 1. The van der Waals surface area contributed by atoms with Crippen molar-refractivity contribution in [2.45, 2.75) is 6.42 Å². The van der Waals surface area contributed by atoms with Crippen LogP contribution in [0.5, 0.6) is 0 Å². The Morgan fingerprint density at radius 3 is 2.33 bits per heavy atom. The van der Waals surface area contributed by atoms with Gasteiger partial charge in [-0.1, -0.05) is 15.9 Å². The van der Waals surface area contributed by atoms with Crippen LogP contribution in [0.3, 0.4) is 0 Å². The Labute approximate surface area is 195 Å². The van der Waals surface area contributed by atoms with E-state index in [1.165, 1.54) is 4.90 Å². The van der Waals surface area contributed by atoms with Crippen LogP contribution in [0.2, 0.25) is 0 Å². The summed E-state index contributed by atoms with van der Waals surface area (Å²) in [5.41, 5.74) is -2.94. The van der Waals surface area contributed by atoms with Gasteiger partial charge in [-0.05, 0) is 12.5 Å². The lowest BCUT2D eigenvalue weighted by Crippen LogP contribution is -2.31. The fraction of sp³-hybridized carbons (Fsp3) is 0.500. The molecule has 0 unspecified atom stereocenters. The van der Waals surface area contributed by atoms with E-state index in [2.05, 4.69) is 25.8 Å². The summed E-state index contributed by atoms with van der Waals surface area (Å²) >= 11 is 3.14. The maximum atomic E-state index is 12.6. The van der Waals surface area contributed by atoms with Crippen molar-refractivity contribution in [3.63, 3.8) is 0 Å². The summed E-state index contributed by atoms with van der Waals surface area (Å²) in [7, 11) is -9.14. The fourth-order valence-corrected chi connectivity index (χ4v) is 3.95. The topological polar surface area (TPSA) is 240 Å². The van der Waals surface area contributed by atoms with Crippen molar-refractivity contribution in [1.82, 2.24) is 5.32 Å². The third-order valence-electron chi connectivity index (χ3n) is 3.91. The van der Waals surface area contributed by atoms with Gasteiger partial charge in [-0.3, -0.25) is 34.1 Å². The molecule has 0 aliphatic carbocycles. The Morgan fingerprint density at radius 2 is 1.85 bits per heavy atom. The molecule has 16 nitrogen and oxygen atoms in total. The van der Waals surface area contributed by atoms with Crippen LogP contribution >= 0.6 is 23.8 Å². The van der Waals surface area contributed by atoms with Gasteiger partial charge >= 0.3 is 13.5 Å². The predicted octanol–water partition coefficient (Wildman–Crippen LogP) is 0.821. The maximum absolute atomic E-state index is 12.6. The van der Waals surface area contributed by atoms with Crippen molar-refractivity contribution >= 4 is 56.8 Å². The van der Waals surface area contributed by atoms with E-state index in [0.717, 1.165) is 12.1 Å². The molecule has 1 amide bonds. The molecule has 186 valence electrons. The highest BCUT2D eigenvalue weighted by atomic mass is 79.9. The number of nitro benzene ring substituents is 2. The van der Waals surface area contributed by atoms with Crippen LogP contribution < -0.4 is 10.2 Å². The van der Waals surface area contributed by atoms with E-state index in [-0.39, 0.29) is 30.5 Å². The molecule has 0 aliphatic rings. The van der Waals surface area contributed by atoms with Crippen molar-refractivity contribution in [3.05, 3.63) is 37.9 Å². The Morgan fingerprint density at radius 1 is 1.21 bits per heavy atom. The first kappa shape index (κ1) is 28.8. The molecule has 1 rings (SSSR count). The normalized spacial score (nSPS) is 11.8. The quantitative estimate of drug-likeness (QED) is 0.0597. The summed E-state index contributed by atoms with van der Waals surface area (Å²) in [6.07, 6.45) is -0.138. The number of nitrogens with zero attached hydrogens (tertiary/aromatic N) is 3. The molecule has 0 fully saturated rings. The van der Waals surface area contributed by atoms with E-state index in [4.69, 9.17) is 14.3 Å². The maximum Gasteiger partial charge on any atom is 0.469 e. The molecule has 0 heterocycles. The molecular formula is C14H20BrN4O12PS. The molecule has 0 saturated heterocycles. The molecule has 0 radical (unpaired) electrons. The molecule has 0 spiro atoms. The van der Waals surface area contributed by atoms with E-state index < -0.39 is 69.5 Å². The van der Waals surface area contributed by atoms with Crippen LogP contribution in [-0.4, -0.2) is 75.8 Å². The highest BCUT2D eigenvalue weighted by molar-refractivity contribution is 9.09. The van der Waals surface area contributed by atoms with Crippen LogP contribution in [0.25, 0.3) is 0 Å². The van der Waals surface area contributed by atoms with Crippen LogP contribution in [0, 0.1) is 20.2 Å². The molecule has 19 heteroatoms. The molecule has 1 aromatic carbocycles. The second-order valence-electron chi connectivity index (χ2n) is 6.24. The third kappa shape index (κ3) is 9.66. The first-order chi connectivity index (χ1) is 15.2. The highest BCUT2D eigenvalue weighted by Crippen LogP contribution is 2.38. The molecule has 0 bridgehead atoms. The largest absolute Gasteiger partial charge is 0.469 e. The van der Waals surface area contributed by atoms with Crippen molar-refractivity contribution in [2.75, 3.05) is 42.2 Å². The second kappa shape index (κ2) is 12.3. The van der Waals surface area contributed by atoms with Crippen LogP contribution in [0.15, 0.2) is 12.1 Å². The zero-order chi connectivity index (χ0) is 25.4. The Bertz CT molecular complexity index is 1050. The van der Waals surface area contributed by atoms with Gasteiger partial charge in [0, 0.05) is 31.0 Å². The number of amides is 1. The average molecular weight is 579 g/mol. The van der Waals surface area contributed by atoms with Gasteiger partial charge in [0.15, 0.2) is 5.56 Å². The third-order valence-corrected chi connectivity index (χ3v) is 5.59. The number of benzene rings is 1. The first-order valence-electron chi connectivity index (χ1n) is 8.88. The van der Waals surface area contributed by atoms with Crippen molar-refractivity contribution in [2.24, 2.45) is 0 Å². The molecule has 0 saturated carbocycles. The number of phosphoric ester groups is 1. The Balaban J connectivity index is 3.39. The minimum absolute atomic E-state index is 0.0846. The number of rotatable bonds is 14. The van der Waals surface area contributed by atoms with Gasteiger partial charge in [-0.2, -0.15) is 8.42 Å². The molecule has 1 aromatic rings. The average Bonchev–Trinajstić information content (AvgIpc) is 2.67. The standard InChI is InChI=1S/C14H20BrN4O12PS/c15-4-7-17(6-1-9-33(28,29)30)11-3-2-10(18(21)22)12(13(11)19(23)24)14(20)16-5-8-31-32(25,26)27/h2-3H,1,4-9H2,(H,16,20)(H2,25,26,27)(H,28,29,30). The zero-order valence-corrected chi connectivity index (χ0v) is 20.0. The number of hydrogen-bond acceptors (Lipinski definition) is 10. The van der Waals surface area contributed by atoms with Gasteiger partial charge in [0.2, 0.25) is 0 Å². The summed E-state index contributed by atoms with van der Waals surface area (Å²) < 4.78 is 45.6. The van der Waals surface area contributed by atoms with Gasteiger partial charge in [0.1, 0.15) is 5.69 Å². The predicted molar refractivity (Wildman–Crippen MR) is 117 cm³/mol. The molecule has 0 atom stereocenters. The van der Waals surface area contributed by atoms with Gasteiger partial charge in [0.25, 0.3) is 21.7 Å². The minimum Gasteiger partial charge on any atom is -0.365 e. The van der Waals surface area contributed by atoms with Crippen molar-refractivity contribution in [1.29, 1.82) is 0 Å². The fourth-order valence-electron chi connectivity index (χ4n) is 2.70. The van der Waals surface area contributed by atoms with E-state index >= 15 is 0 Å². The SMILES string of the molecule is O=C(NCCOP(=O)(O)O)c1c([N+](=O)[O-])ccc(N(CCBr)CCCS(=O)(=O)O)c1[N+](=O)[O-]. The van der Waals surface area contributed by atoms with Crippen molar-refractivity contribution in [3.8, 4) is 0 Å². The van der Waals surface area contributed by atoms with E-state index in [1.54, 1.807) is 0 Å². The van der Waals surface area contributed by atoms with E-state index in [0.29, 0.717) is 0 Å². The number of nitro groups is 2. The molecular weight excluding hydrogens is 559 g/mol. The first-order valence-corrected chi connectivity index (χ1v) is 13.1. The molecule has 33 heavy (non-hydrogen) atoms. The summed E-state index contributed by atoms with van der Waals surface area (Å²) in [5, 5.41) is 25.6. The van der Waals surface area contributed by atoms with Gasteiger partial charge < -0.3 is 20.0 Å². The minimum atomic E-state index is -4.84. The van der Waals surface area contributed by atoms with Crippen LogP contribution in [0.1, 0.15) is 16.8 Å².